The quantitative estimate of drug-likeness (QED) is 0.707. The minimum absolute atomic E-state index is 0.653. The minimum Gasteiger partial charge on any atom is -0.459 e. The van der Waals surface area contributed by atoms with E-state index in [1.165, 1.54) is 0 Å². The van der Waals surface area contributed by atoms with Crippen LogP contribution in [0.5, 0.6) is 0 Å². The highest BCUT2D eigenvalue weighted by molar-refractivity contribution is 7.13. The second-order valence-electron chi connectivity index (χ2n) is 6.33. The SMILES string of the molecule is Cc1ccc(-c2nc(CN3CCN(c4cc(C#N)ccn4)CC3)cs2)o1. The van der Waals surface area contributed by atoms with Crippen LogP contribution in [0.25, 0.3) is 10.8 Å². The van der Waals surface area contributed by atoms with E-state index in [0.29, 0.717) is 5.56 Å². The number of pyridine rings is 1. The molecule has 1 aliphatic heterocycles. The first-order chi connectivity index (χ1) is 12.7. The Hall–Kier alpha value is -2.69. The summed E-state index contributed by atoms with van der Waals surface area (Å²) in [5.74, 6) is 2.63. The van der Waals surface area contributed by atoms with Crippen molar-refractivity contribution < 1.29 is 4.42 Å². The number of thiazole rings is 1. The molecule has 7 heteroatoms. The molecule has 4 rings (SSSR count). The van der Waals surface area contributed by atoms with Gasteiger partial charge in [-0.1, -0.05) is 0 Å². The summed E-state index contributed by atoms with van der Waals surface area (Å²) in [5, 5.41) is 12.1. The molecule has 1 fully saturated rings. The van der Waals surface area contributed by atoms with Crippen LogP contribution < -0.4 is 4.90 Å². The van der Waals surface area contributed by atoms with Gasteiger partial charge in [-0.3, -0.25) is 4.90 Å². The molecule has 132 valence electrons. The first-order valence-electron chi connectivity index (χ1n) is 8.56. The van der Waals surface area contributed by atoms with E-state index < -0.39 is 0 Å². The van der Waals surface area contributed by atoms with Crippen molar-refractivity contribution in [3.8, 4) is 16.8 Å². The van der Waals surface area contributed by atoms with Gasteiger partial charge in [-0.2, -0.15) is 5.26 Å². The smallest absolute Gasteiger partial charge is 0.162 e. The summed E-state index contributed by atoms with van der Waals surface area (Å²) in [4.78, 5) is 13.7. The number of piperazine rings is 1. The molecule has 1 saturated heterocycles. The van der Waals surface area contributed by atoms with Crippen molar-refractivity contribution in [2.45, 2.75) is 13.5 Å². The van der Waals surface area contributed by atoms with E-state index in [1.807, 2.05) is 25.1 Å². The lowest BCUT2D eigenvalue weighted by Gasteiger charge is -2.35. The fourth-order valence-corrected chi connectivity index (χ4v) is 3.84. The Morgan fingerprint density at radius 2 is 2.08 bits per heavy atom. The first-order valence-corrected chi connectivity index (χ1v) is 9.44. The molecule has 0 amide bonds. The molecule has 1 aliphatic rings. The third-order valence-electron chi connectivity index (χ3n) is 4.46. The average Bonchev–Trinajstić information content (AvgIpc) is 3.31. The summed E-state index contributed by atoms with van der Waals surface area (Å²) in [6.45, 7) is 6.48. The van der Waals surface area contributed by atoms with Gasteiger partial charge in [0.1, 0.15) is 11.6 Å². The highest BCUT2D eigenvalue weighted by Crippen LogP contribution is 2.26. The molecule has 3 aromatic heterocycles. The van der Waals surface area contributed by atoms with E-state index in [9.17, 15) is 0 Å². The molecule has 4 heterocycles. The fraction of sp³-hybridized carbons (Fsp3) is 0.316. The number of nitriles is 1. The summed E-state index contributed by atoms with van der Waals surface area (Å²) in [7, 11) is 0. The number of rotatable bonds is 4. The summed E-state index contributed by atoms with van der Waals surface area (Å²) in [6.07, 6.45) is 1.70. The van der Waals surface area contributed by atoms with Crippen molar-refractivity contribution in [3.63, 3.8) is 0 Å². The summed E-state index contributed by atoms with van der Waals surface area (Å²) >= 11 is 1.62. The molecule has 3 aromatic rings. The lowest BCUT2D eigenvalue weighted by molar-refractivity contribution is 0.247. The molecule has 0 bridgehead atoms. The Bertz CT molecular complexity index is 933. The molecule has 26 heavy (non-hydrogen) atoms. The van der Waals surface area contributed by atoms with Crippen molar-refractivity contribution in [2.75, 3.05) is 31.1 Å². The van der Waals surface area contributed by atoms with E-state index in [0.717, 1.165) is 60.8 Å². The van der Waals surface area contributed by atoms with Gasteiger partial charge in [-0.05, 0) is 31.2 Å². The molecule has 0 radical (unpaired) electrons. The number of anilines is 1. The van der Waals surface area contributed by atoms with E-state index in [-0.39, 0.29) is 0 Å². The van der Waals surface area contributed by atoms with Crippen LogP contribution in [0.3, 0.4) is 0 Å². The predicted molar refractivity (Wildman–Crippen MR) is 101 cm³/mol. The van der Waals surface area contributed by atoms with E-state index >= 15 is 0 Å². The van der Waals surface area contributed by atoms with Crippen LogP contribution in [0.4, 0.5) is 5.82 Å². The zero-order valence-corrected chi connectivity index (χ0v) is 15.4. The molecule has 0 aliphatic carbocycles. The Morgan fingerprint density at radius 1 is 1.23 bits per heavy atom. The van der Waals surface area contributed by atoms with Gasteiger partial charge in [-0.25, -0.2) is 9.97 Å². The number of hydrogen-bond donors (Lipinski definition) is 0. The summed E-state index contributed by atoms with van der Waals surface area (Å²) < 4.78 is 5.65. The topological polar surface area (TPSA) is 69.2 Å². The van der Waals surface area contributed by atoms with Gasteiger partial charge in [0.15, 0.2) is 10.8 Å². The second kappa shape index (κ2) is 7.28. The molecular weight excluding hydrogens is 346 g/mol. The lowest BCUT2D eigenvalue weighted by Crippen LogP contribution is -2.46. The number of hydrogen-bond acceptors (Lipinski definition) is 7. The average molecular weight is 365 g/mol. The van der Waals surface area contributed by atoms with Crippen molar-refractivity contribution >= 4 is 17.2 Å². The minimum atomic E-state index is 0.653. The second-order valence-corrected chi connectivity index (χ2v) is 7.19. The van der Waals surface area contributed by atoms with Crippen LogP contribution in [-0.4, -0.2) is 41.0 Å². The molecule has 0 atom stereocenters. The van der Waals surface area contributed by atoms with Crippen LogP contribution in [0.2, 0.25) is 0 Å². The number of nitrogens with zero attached hydrogens (tertiary/aromatic N) is 5. The van der Waals surface area contributed by atoms with Gasteiger partial charge in [0, 0.05) is 44.3 Å². The maximum Gasteiger partial charge on any atom is 0.162 e. The van der Waals surface area contributed by atoms with Gasteiger partial charge in [0.05, 0.1) is 17.3 Å². The molecule has 0 saturated carbocycles. The Balaban J connectivity index is 1.35. The largest absolute Gasteiger partial charge is 0.459 e. The van der Waals surface area contributed by atoms with Crippen LogP contribution in [0.15, 0.2) is 40.3 Å². The van der Waals surface area contributed by atoms with Gasteiger partial charge in [0.25, 0.3) is 0 Å². The summed E-state index contributed by atoms with van der Waals surface area (Å²) in [6, 6.07) is 9.70. The highest BCUT2D eigenvalue weighted by Gasteiger charge is 2.19. The van der Waals surface area contributed by atoms with Gasteiger partial charge in [-0.15, -0.1) is 11.3 Å². The standard InChI is InChI=1S/C19H19N5OS/c1-14-2-3-17(25-14)19-22-16(13-26-19)12-23-6-8-24(9-7-23)18-10-15(11-20)4-5-21-18/h2-5,10,13H,6-9,12H2,1H3. The molecule has 0 aromatic carbocycles. The molecule has 6 nitrogen and oxygen atoms in total. The van der Waals surface area contributed by atoms with Crippen LogP contribution in [0.1, 0.15) is 17.0 Å². The first kappa shape index (κ1) is 16.8. The number of furan rings is 1. The fourth-order valence-electron chi connectivity index (χ4n) is 3.07. The normalized spacial score (nSPS) is 15.2. The molecule has 0 spiro atoms. The zero-order chi connectivity index (χ0) is 17.9. The predicted octanol–water partition coefficient (Wildman–Crippen LogP) is 3.30. The van der Waals surface area contributed by atoms with E-state index in [4.69, 9.17) is 14.7 Å². The zero-order valence-electron chi connectivity index (χ0n) is 14.6. The lowest BCUT2D eigenvalue weighted by atomic mass is 10.2. The van der Waals surface area contributed by atoms with Gasteiger partial charge >= 0.3 is 0 Å². The van der Waals surface area contributed by atoms with Gasteiger partial charge in [0.2, 0.25) is 0 Å². The molecule has 0 unspecified atom stereocenters. The van der Waals surface area contributed by atoms with Crippen LogP contribution in [0, 0.1) is 18.3 Å². The van der Waals surface area contributed by atoms with Crippen molar-refractivity contribution in [1.29, 1.82) is 5.26 Å². The highest BCUT2D eigenvalue weighted by atomic mass is 32.1. The van der Waals surface area contributed by atoms with Crippen molar-refractivity contribution in [2.24, 2.45) is 0 Å². The maximum atomic E-state index is 9.04. The monoisotopic (exact) mass is 365 g/mol. The number of aryl methyl sites for hydroxylation is 1. The van der Waals surface area contributed by atoms with E-state index in [1.54, 1.807) is 23.6 Å². The van der Waals surface area contributed by atoms with Crippen LogP contribution in [-0.2, 0) is 6.54 Å². The third kappa shape index (κ3) is 3.62. The van der Waals surface area contributed by atoms with Crippen molar-refractivity contribution in [1.82, 2.24) is 14.9 Å². The van der Waals surface area contributed by atoms with Crippen molar-refractivity contribution in [3.05, 3.63) is 52.9 Å². The Morgan fingerprint density at radius 3 is 2.81 bits per heavy atom. The van der Waals surface area contributed by atoms with Crippen LogP contribution >= 0.6 is 11.3 Å². The molecule has 0 N–H and O–H groups in total. The van der Waals surface area contributed by atoms with Gasteiger partial charge < -0.3 is 9.32 Å². The Labute approximate surface area is 156 Å². The summed E-state index contributed by atoms with van der Waals surface area (Å²) in [5.41, 5.74) is 1.73. The molecular formula is C19H19N5OS. The Kier molecular flexibility index (Phi) is 4.69. The van der Waals surface area contributed by atoms with E-state index in [2.05, 4.69) is 26.2 Å². The number of aromatic nitrogens is 2. The maximum absolute atomic E-state index is 9.04. The third-order valence-corrected chi connectivity index (χ3v) is 5.37.